The molecule has 2 aromatic carbocycles. The van der Waals surface area contributed by atoms with E-state index in [0.717, 1.165) is 24.8 Å². The van der Waals surface area contributed by atoms with Gasteiger partial charge in [0.25, 0.3) is 0 Å². The lowest BCUT2D eigenvalue weighted by Crippen LogP contribution is -2.52. The Labute approximate surface area is 182 Å². The Hall–Kier alpha value is -3.35. The van der Waals surface area contributed by atoms with Gasteiger partial charge >= 0.3 is 6.09 Å². The van der Waals surface area contributed by atoms with Crippen LogP contribution in [0.5, 0.6) is 0 Å². The summed E-state index contributed by atoms with van der Waals surface area (Å²) >= 11 is 0. The van der Waals surface area contributed by atoms with E-state index in [2.05, 4.69) is 22.8 Å². The van der Waals surface area contributed by atoms with Gasteiger partial charge in [-0.1, -0.05) is 67.1 Å². The number of nitrogens with one attached hydrogen (secondary N) is 2. The van der Waals surface area contributed by atoms with Crippen molar-refractivity contribution in [3.8, 4) is 0 Å². The largest absolute Gasteiger partial charge is 0.445 e. The normalized spacial score (nSPS) is 15.2. The van der Waals surface area contributed by atoms with Gasteiger partial charge in [-0.3, -0.25) is 9.59 Å². The molecule has 1 aliphatic carbocycles. The van der Waals surface area contributed by atoms with Crippen LogP contribution in [0.1, 0.15) is 43.2 Å². The fraction of sp³-hybridized carbons (Fsp3) is 0.375. The summed E-state index contributed by atoms with van der Waals surface area (Å²) in [5, 5.41) is 5.54. The number of carbonyl (C=O) groups is 3. The Bertz CT molecular complexity index is 882. The number of ether oxygens (including phenoxy) is 1. The van der Waals surface area contributed by atoms with Crippen LogP contribution in [-0.2, 0) is 26.3 Å². The molecule has 0 heterocycles. The van der Waals surface area contributed by atoms with Crippen molar-refractivity contribution in [2.45, 2.75) is 50.2 Å². The van der Waals surface area contributed by atoms with E-state index >= 15 is 0 Å². The molecular weight excluding hydrogens is 394 g/mol. The second-order valence-corrected chi connectivity index (χ2v) is 7.98. The fourth-order valence-corrected chi connectivity index (χ4v) is 3.80. The van der Waals surface area contributed by atoms with E-state index in [9.17, 15) is 14.4 Å². The van der Waals surface area contributed by atoms with Crippen LogP contribution in [-0.4, -0.2) is 30.5 Å². The van der Waals surface area contributed by atoms with Crippen molar-refractivity contribution < 1.29 is 19.1 Å². The number of amides is 3. The summed E-state index contributed by atoms with van der Waals surface area (Å²) in [6.45, 7) is 0.567. The van der Waals surface area contributed by atoms with E-state index < -0.39 is 18.0 Å². The molecule has 3 rings (SSSR count). The van der Waals surface area contributed by atoms with Gasteiger partial charge in [-0.15, -0.1) is 0 Å². The molecule has 3 amide bonds. The molecule has 31 heavy (non-hydrogen) atoms. The molecule has 0 spiro atoms. The number of benzene rings is 2. The molecular formula is C24H29N3O4. The van der Waals surface area contributed by atoms with Gasteiger partial charge in [0, 0.05) is 18.4 Å². The highest BCUT2D eigenvalue weighted by Gasteiger charge is 2.39. The highest BCUT2D eigenvalue weighted by Crippen LogP contribution is 2.43. The number of primary amides is 1. The summed E-state index contributed by atoms with van der Waals surface area (Å²) in [7, 11) is 0. The molecule has 0 aliphatic heterocycles. The van der Waals surface area contributed by atoms with Gasteiger partial charge in [-0.05, 0) is 30.4 Å². The summed E-state index contributed by atoms with van der Waals surface area (Å²) in [5.41, 5.74) is 7.20. The minimum absolute atomic E-state index is 0.0130. The number of hydrogen-bond donors (Lipinski definition) is 3. The molecule has 2 aromatic rings. The zero-order valence-corrected chi connectivity index (χ0v) is 17.5. The summed E-state index contributed by atoms with van der Waals surface area (Å²) < 4.78 is 5.22. The lowest BCUT2D eigenvalue weighted by atomic mass is 9.64. The van der Waals surface area contributed by atoms with Crippen LogP contribution < -0.4 is 16.4 Å². The maximum absolute atomic E-state index is 12.9. The van der Waals surface area contributed by atoms with Gasteiger partial charge in [0.15, 0.2) is 0 Å². The van der Waals surface area contributed by atoms with Gasteiger partial charge in [-0.2, -0.15) is 0 Å². The van der Waals surface area contributed by atoms with E-state index in [4.69, 9.17) is 10.5 Å². The van der Waals surface area contributed by atoms with Crippen molar-refractivity contribution in [3.63, 3.8) is 0 Å². The van der Waals surface area contributed by atoms with Gasteiger partial charge in [0.1, 0.15) is 12.6 Å². The number of nitrogens with two attached hydrogens (primary N) is 1. The van der Waals surface area contributed by atoms with E-state index in [1.807, 2.05) is 48.5 Å². The van der Waals surface area contributed by atoms with Crippen LogP contribution in [0.4, 0.5) is 4.79 Å². The van der Waals surface area contributed by atoms with Crippen LogP contribution in [0.15, 0.2) is 60.7 Å². The first kappa shape index (κ1) is 22.3. The number of rotatable bonds is 10. The van der Waals surface area contributed by atoms with E-state index in [-0.39, 0.29) is 30.8 Å². The minimum Gasteiger partial charge on any atom is -0.445 e. The third-order valence-electron chi connectivity index (χ3n) is 5.80. The van der Waals surface area contributed by atoms with Crippen molar-refractivity contribution in [1.82, 2.24) is 10.6 Å². The summed E-state index contributed by atoms with van der Waals surface area (Å²) in [6.07, 6.45) is 2.49. The van der Waals surface area contributed by atoms with E-state index in [0.29, 0.717) is 6.54 Å². The van der Waals surface area contributed by atoms with Crippen molar-refractivity contribution in [2.24, 2.45) is 5.73 Å². The van der Waals surface area contributed by atoms with Crippen molar-refractivity contribution in [2.75, 3.05) is 6.54 Å². The smallest absolute Gasteiger partial charge is 0.408 e. The second kappa shape index (κ2) is 10.6. The Kier molecular flexibility index (Phi) is 7.65. The summed E-state index contributed by atoms with van der Waals surface area (Å²) in [6, 6.07) is 18.5. The third-order valence-corrected chi connectivity index (χ3v) is 5.80. The Balaban J connectivity index is 1.57. The average molecular weight is 424 g/mol. The van der Waals surface area contributed by atoms with Crippen LogP contribution in [0, 0.1) is 0 Å². The van der Waals surface area contributed by atoms with E-state index in [1.54, 1.807) is 0 Å². The zero-order valence-electron chi connectivity index (χ0n) is 17.5. The molecule has 1 saturated carbocycles. The van der Waals surface area contributed by atoms with Gasteiger partial charge in [0.2, 0.25) is 11.8 Å². The maximum atomic E-state index is 12.9. The first-order valence-electron chi connectivity index (χ1n) is 10.6. The first-order valence-corrected chi connectivity index (χ1v) is 10.6. The summed E-state index contributed by atoms with van der Waals surface area (Å²) in [5.74, 6) is -0.878. The van der Waals surface area contributed by atoms with Crippen molar-refractivity contribution >= 4 is 17.9 Å². The van der Waals surface area contributed by atoms with E-state index in [1.165, 1.54) is 5.56 Å². The molecule has 0 radical (unpaired) electrons. The molecule has 0 unspecified atom stereocenters. The Morgan fingerprint density at radius 1 is 1.00 bits per heavy atom. The minimum atomic E-state index is -0.899. The Morgan fingerprint density at radius 2 is 1.65 bits per heavy atom. The summed E-state index contributed by atoms with van der Waals surface area (Å²) in [4.78, 5) is 36.3. The van der Waals surface area contributed by atoms with Gasteiger partial charge in [0.05, 0.1) is 0 Å². The molecule has 0 saturated heterocycles. The SMILES string of the molecule is NC(=O)CC[C@H](NC(=O)OCc1ccccc1)C(=O)NCC1(c2ccccc2)CCC1. The third kappa shape index (κ3) is 6.31. The molecule has 7 nitrogen and oxygen atoms in total. The van der Waals surface area contributed by atoms with Crippen LogP contribution in [0.2, 0.25) is 0 Å². The Morgan fingerprint density at radius 3 is 2.23 bits per heavy atom. The van der Waals surface area contributed by atoms with Gasteiger partial charge in [-0.25, -0.2) is 4.79 Å². The van der Waals surface area contributed by atoms with Crippen LogP contribution in [0.3, 0.4) is 0 Å². The molecule has 4 N–H and O–H groups in total. The highest BCUT2D eigenvalue weighted by molar-refractivity contribution is 5.86. The lowest BCUT2D eigenvalue weighted by molar-refractivity contribution is -0.124. The predicted octanol–water partition coefficient (Wildman–Crippen LogP) is 2.79. The highest BCUT2D eigenvalue weighted by atomic mass is 16.5. The number of hydrogen-bond acceptors (Lipinski definition) is 4. The maximum Gasteiger partial charge on any atom is 0.408 e. The van der Waals surface area contributed by atoms with Crippen molar-refractivity contribution in [1.29, 1.82) is 0 Å². The van der Waals surface area contributed by atoms with Crippen LogP contribution >= 0.6 is 0 Å². The molecule has 1 aliphatic rings. The predicted molar refractivity (Wildman–Crippen MR) is 117 cm³/mol. The molecule has 1 fully saturated rings. The second-order valence-electron chi connectivity index (χ2n) is 7.98. The molecule has 0 bridgehead atoms. The zero-order chi connectivity index (χ0) is 22.1. The number of alkyl carbamates (subject to hydrolysis) is 1. The average Bonchev–Trinajstić information content (AvgIpc) is 2.75. The fourth-order valence-electron chi connectivity index (χ4n) is 3.80. The molecule has 0 aromatic heterocycles. The number of carbonyl (C=O) groups excluding carboxylic acids is 3. The quantitative estimate of drug-likeness (QED) is 0.546. The van der Waals surface area contributed by atoms with Crippen molar-refractivity contribution in [3.05, 3.63) is 71.8 Å². The molecule has 1 atom stereocenters. The standard InChI is InChI=1S/C24H29N3O4/c25-21(28)13-12-20(27-23(30)31-16-18-8-3-1-4-9-18)22(29)26-17-24(14-7-15-24)19-10-5-2-6-11-19/h1-6,8-11,20H,7,12-17H2,(H2,25,28)(H,26,29)(H,27,30)/t20-/m0/s1. The first-order chi connectivity index (χ1) is 15.0. The monoisotopic (exact) mass is 423 g/mol. The topological polar surface area (TPSA) is 111 Å². The molecule has 7 heteroatoms. The van der Waals surface area contributed by atoms with Gasteiger partial charge < -0.3 is 21.1 Å². The molecule has 164 valence electrons. The van der Waals surface area contributed by atoms with Crippen LogP contribution in [0.25, 0.3) is 0 Å². The lowest BCUT2D eigenvalue weighted by Gasteiger charge is -2.43.